The van der Waals surface area contributed by atoms with Gasteiger partial charge >= 0.3 is 0 Å². The number of aryl methyl sites for hydroxylation is 2. The zero-order chi connectivity index (χ0) is 26.7. The van der Waals surface area contributed by atoms with Gasteiger partial charge in [0, 0.05) is 12.8 Å². The third-order valence-electron chi connectivity index (χ3n) is 5.89. The Bertz CT molecular complexity index is 1300. The van der Waals surface area contributed by atoms with Gasteiger partial charge in [0.2, 0.25) is 11.0 Å². The summed E-state index contributed by atoms with van der Waals surface area (Å²) >= 11 is 1.40. The Balaban J connectivity index is 1.15. The van der Waals surface area contributed by atoms with Crippen LogP contribution in [0.4, 0.5) is 10.9 Å². The fourth-order valence-electron chi connectivity index (χ4n) is 3.93. The molecule has 0 saturated carbocycles. The molecule has 0 aliphatic carbocycles. The number of nitrogens with one attached hydrogen (secondary N) is 2. The van der Waals surface area contributed by atoms with Crippen LogP contribution in [0, 0.1) is 0 Å². The molecule has 4 rings (SSSR count). The number of carbonyl (C=O) groups excluding carboxylic acids is 1. The molecule has 2 aromatic carbocycles. The number of aliphatic hydroxyl groups excluding tert-OH is 2. The van der Waals surface area contributed by atoms with Crippen LogP contribution in [0.5, 0.6) is 0 Å². The lowest BCUT2D eigenvalue weighted by molar-refractivity contribution is -0.115. The van der Waals surface area contributed by atoms with E-state index in [0.717, 1.165) is 53.1 Å². The first kappa shape index (κ1) is 27.3. The second-order valence-electron chi connectivity index (χ2n) is 9.11. The van der Waals surface area contributed by atoms with Crippen LogP contribution in [0.25, 0.3) is 0 Å². The highest BCUT2D eigenvalue weighted by Crippen LogP contribution is 2.19. The van der Waals surface area contributed by atoms with Gasteiger partial charge in [-0.3, -0.25) is 4.79 Å². The van der Waals surface area contributed by atoms with E-state index in [1.165, 1.54) is 11.3 Å². The van der Waals surface area contributed by atoms with E-state index >= 15 is 0 Å². The number of hydrogen-bond donors (Lipinski definition) is 4. The highest BCUT2D eigenvalue weighted by molar-refractivity contribution is 7.15. The summed E-state index contributed by atoms with van der Waals surface area (Å²) in [6.07, 6.45) is 2.71. The van der Waals surface area contributed by atoms with E-state index < -0.39 is 12.3 Å². The van der Waals surface area contributed by atoms with Gasteiger partial charge in [-0.25, -0.2) is 0 Å². The molecule has 2 atom stereocenters. The molecule has 2 heterocycles. The maximum Gasteiger partial charge on any atom is 0.230 e. The average molecular weight is 533 g/mol. The first-order chi connectivity index (χ1) is 18.4. The van der Waals surface area contributed by atoms with Crippen LogP contribution in [0.1, 0.15) is 53.3 Å². The van der Waals surface area contributed by atoms with Crippen molar-refractivity contribution < 1.29 is 15.0 Å². The van der Waals surface area contributed by atoms with Gasteiger partial charge in [-0.15, -0.1) is 15.3 Å². The zero-order valence-electron chi connectivity index (χ0n) is 21.2. The highest BCUT2D eigenvalue weighted by atomic mass is 32.1. The topological polar surface area (TPSA) is 133 Å². The van der Waals surface area contributed by atoms with Crippen molar-refractivity contribution in [2.24, 2.45) is 0 Å². The summed E-state index contributed by atoms with van der Waals surface area (Å²) in [5, 5.41) is 44.0. The molecule has 2 aromatic heterocycles. The Labute approximate surface area is 226 Å². The minimum atomic E-state index is -0.820. The molecule has 0 radical (unpaired) electrons. The Morgan fingerprint density at radius 3 is 2.45 bits per heavy atom. The lowest BCUT2D eigenvalue weighted by Crippen LogP contribution is -2.22. The van der Waals surface area contributed by atoms with E-state index in [4.69, 9.17) is 0 Å². The van der Waals surface area contributed by atoms with Crippen molar-refractivity contribution >= 4 is 28.2 Å². The number of aliphatic hydroxyl groups is 2. The van der Waals surface area contributed by atoms with E-state index in [1.807, 2.05) is 66.7 Å². The lowest BCUT2D eigenvalue weighted by atomic mass is 10.0. The van der Waals surface area contributed by atoms with Crippen LogP contribution < -0.4 is 10.6 Å². The fraction of sp³-hybridized carbons (Fsp3) is 0.321. The predicted octanol–water partition coefficient (Wildman–Crippen LogP) is 4.10. The van der Waals surface area contributed by atoms with E-state index in [9.17, 15) is 15.0 Å². The van der Waals surface area contributed by atoms with E-state index in [2.05, 4.69) is 31.0 Å². The highest BCUT2D eigenvalue weighted by Gasteiger charge is 2.11. The number of amides is 1. The third-order valence-corrected chi connectivity index (χ3v) is 6.79. The molecule has 38 heavy (non-hydrogen) atoms. The average Bonchev–Trinajstić information content (AvgIpc) is 3.35. The second kappa shape index (κ2) is 13.7. The van der Waals surface area contributed by atoms with Crippen molar-refractivity contribution in [3.05, 3.63) is 94.1 Å². The van der Waals surface area contributed by atoms with Crippen molar-refractivity contribution in [3.63, 3.8) is 0 Å². The van der Waals surface area contributed by atoms with Gasteiger partial charge < -0.3 is 20.8 Å². The summed E-state index contributed by atoms with van der Waals surface area (Å²) in [5.41, 5.74) is 3.57. The number of benzene rings is 2. The molecule has 1 amide bonds. The molecule has 0 aliphatic rings. The molecular weight excluding hydrogens is 500 g/mol. The van der Waals surface area contributed by atoms with Crippen molar-refractivity contribution in [2.45, 2.75) is 57.8 Å². The normalized spacial score (nSPS) is 12.6. The van der Waals surface area contributed by atoms with Crippen molar-refractivity contribution in [1.82, 2.24) is 20.4 Å². The Hall–Kier alpha value is -3.73. The van der Waals surface area contributed by atoms with Crippen LogP contribution in [0.3, 0.4) is 0 Å². The minimum absolute atomic E-state index is 0.103. The largest absolute Gasteiger partial charge is 0.389 e. The molecule has 2 unspecified atom stereocenters. The lowest BCUT2D eigenvalue weighted by Gasteiger charge is -2.14. The summed E-state index contributed by atoms with van der Waals surface area (Å²) in [6.45, 7) is 1.72. The first-order valence-corrected chi connectivity index (χ1v) is 13.5. The monoisotopic (exact) mass is 532 g/mol. The van der Waals surface area contributed by atoms with E-state index in [1.54, 1.807) is 6.92 Å². The zero-order valence-corrected chi connectivity index (χ0v) is 22.1. The number of hydrogen-bond acceptors (Lipinski definition) is 9. The minimum Gasteiger partial charge on any atom is -0.389 e. The summed E-state index contributed by atoms with van der Waals surface area (Å²) in [5.74, 6) is 0.400. The summed E-state index contributed by atoms with van der Waals surface area (Å²) in [4.78, 5) is 12.2. The van der Waals surface area contributed by atoms with Gasteiger partial charge in [-0.2, -0.15) is 5.10 Å². The summed E-state index contributed by atoms with van der Waals surface area (Å²) in [7, 11) is 0. The van der Waals surface area contributed by atoms with Crippen molar-refractivity contribution in [1.29, 1.82) is 0 Å². The van der Waals surface area contributed by atoms with Crippen molar-refractivity contribution in [3.8, 4) is 0 Å². The number of unbranched alkanes of at least 4 members (excludes halogenated alkanes) is 1. The van der Waals surface area contributed by atoms with E-state index in [-0.39, 0.29) is 5.91 Å². The van der Waals surface area contributed by atoms with Crippen molar-refractivity contribution in [2.75, 3.05) is 10.6 Å². The molecule has 0 fully saturated rings. The van der Waals surface area contributed by atoms with Gasteiger partial charge in [-0.05, 0) is 55.0 Å². The molecule has 0 spiro atoms. The first-order valence-electron chi connectivity index (χ1n) is 12.6. The van der Waals surface area contributed by atoms with Gasteiger partial charge in [0.15, 0.2) is 5.82 Å². The smallest absolute Gasteiger partial charge is 0.230 e. The molecule has 4 aromatic rings. The summed E-state index contributed by atoms with van der Waals surface area (Å²) in [6, 6.07) is 20.8. The second-order valence-corrected chi connectivity index (χ2v) is 10.2. The molecule has 0 aliphatic heterocycles. The van der Waals surface area contributed by atoms with Crippen LogP contribution in [-0.4, -0.2) is 42.7 Å². The molecule has 198 valence electrons. The van der Waals surface area contributed by atoms with Gasteiger partial charge in [0.25, 0.3) is 0 Å². The number of aromatic nitrogens is 4. The maximum atomic E-state index is 12.2. The number of anilines is 2. The maximum absolute atomic E-state index is 12.2. The van der Waals surface area contributed by atoms with Crippen LogP contribution in [0.2, 0.25) is 0 Å². The Morgan fingerprint density at radius 1 is 0.895 bits per heavy atom. The predicted molar refractivity (Wildman–Crippen MR) is 148 cm³/mol. The molecule has 10 heteroatoms. The fourth-order valence-corrected chi connectivity index (χ4v) is 4.73. The Kier molecular flexibility index (Phi) is 9.85. The number of carbonyl (C=O) groups is 1. The molecular formula is C28H32N6O3S. The van der Waals surface area contributed by atoms with Gasteiger partial charge in [0.1, 0.15) is 11.2 Å². The molecule has 9 nitrogen and oxygen atoms in total. The van der Waals surface area contributed by atoms with Gasteiger partial charge in [0.05, 0.1) is 18.2 Å². The number of nitrogens with zero attached hydrogens (tertiary/aromatic N) is 4. The van der Waals surface area contributed by atoms with Gasteiger partial charge in [-0.1, -0.05) is 65.9 Å². The van der Waals surface area contributed by atoms with Crippen LogP contribution in [-0.2, 0) is 30.5 Å². The van der Waals surface area contributed by atoms with E-state index in [0.29, 0.717) is 23.8 Å². The summed E-state index contributed by atoms with van der Waals surface area (Å²) < 4.78 is 0. The quantitative estimate of drug-likeness (QED) is 0.149. The standard InChI is InChI=1S/C28H32N6O3S/c1-19(35)22-11-7-10-21(16-22)18-25(36)29-24-15-14-23(31-32-24)12-5-6-13-27-33-34-28(38-27)30-26(37)17-20-8-3-2-4-9-20/h2-4,7-11,14-16,19,25,35-36H,5-6,12-13,17-18H2,1H3,(H,29,32)(H,30,34,37). The number of rotatable bonds is 13. The van der Waals surface area contributed by atoms with Crippen LogP contribution >= 0.6 is 11.3 Å². The molecule has 0 saturated heterocycles. The van der Waals surface area contributed by atoms with Crippen LogP contribution in [0.15, 0.2) is 66.7 Å². The SMILES string of the molecule is CC(O)c1cccc(CC(O)Nc2ccc(CCCCc3nnc(NC(=O)Cc4ccccc4)s3)nn2)c1. The Morgan fingerprint density at radius 2 is 1.68 bits per heavy atom. The molecule has 0 bridgehead atoms. The molecule has 4 N–H and O–H groups in total. The third kappa shape index (κ3) is 8.69.